The van der Waals surface area contributed by atoms with Gasteiger partial charge >= 0.3 is 0 Å². The molecule has 17 heavy (non-hydrogen) atoms. The number of quaternary nitrogens is 1. The Kier molecular flexibility index (Phi) is 12.8. The highest BCUT2D eigenvalue weighted by molar-refractivity contribution is 6.15. The fourth-order valence-electron chi connectivity index (χ4n) is 1.15. The SMILES string of the molecule is CC.CCl.COc1cccc([C@@H](O)C(C)[NH3+])c1. The van der Waals surface area contributed by atoms with Gasteiger partial charge in [-0.2, -0.15) is 0 Å². The summed E-state index contributed by atoms with van der Waals surface area (Å²) in [6.45, 7) is 5.88. The molecule has 1 rings (SSSR count). The number of aliphatic hydroxyl groups is 1. The van der Waals surface area contributed by atoms with Crippen molar-refractivity contribution in [1.82, 2.24) is 0 Å². The van der Waals surface area contributed by atoms with E-state index in [2.05, 4.69) is 17.3 Å². The van der Waals surface area contributed by atoms with Crippen molar-refractivity contribution >= 4 is 11.6 Å². The van der Waals surface area contributed by atoms with Crippen molar-refractivity contribution in [2.75, 3.05) is 13.5 Å². The molecule has 0 spiro atoms. The molecule has 0 amide bonds. The minimum Gasteiger partial charge on any atom is -0.497 e. The van der Waals surface area contributed by atoms with Gasteiger partial charge in [-0.3, -0.25) is 0 Å². The Bertz CT molecular complexity index is 280. The normalized spacial score (nSPS) is 12.2. The molecule has 0 aliphatic rings. The van der Waals surface area contributed by atoms with Crippen LogP contribution in [0.5, 0.6) is 5.75 Å². The average Bonchev–Trinajstić information content (AvgIpc) is 2.42. The van der Waals surface area contributed by atoms with Crippen molar-refractivity contribution in [2.24, 2.45) is 0 Å². The topological polar surface area (TPSA) is 57.1 Å². The largest absolute Gasteiger partial charge is 0.497 e. The number of rotatable bonds is 3. The van der Waals surface area contributed by atoms with Crippen LogP contribution in [0, 0.1) is 0 Å². The van der Waals surface area contributed by atoms with Crippen LogP contribution in [0.1, 0.15) is 32.4 Å². The van der Waals surface area contributed by atoms with Gasteiger partial charge in [-0.1, -0.05) is 26.0 Å². The Morgan fingerprint density at radius 3 is 2.24 bits per heavy atom. The lowest BCUT2D eigenvalue weighted by Crippen LogP contribution is -2.61. The number of hydrogen-bond donors (Lipinski definition) is 2. The summed E-state index contributed by atoms with van der Waals surface area (Å²) in [5.74, 6) is 0.761. The lowest BCUT2D eigenvalue weighted by Gasteiger charge is -2.12. The van der Waals surface area contributed by atoms with E-state index >= 15 is 0 Å². The molecule has 2 atom stereocenters. The second kappa shape index (κ2) is 11.7. The molecule has 4 N–H and O–H groups in total. The minimum atomic E-state index is -0.518. The van der Waals surface area contributed by atoms with Crippen LogP contribution in [0.25, 0.3) is 0 Å². The maximum atomic E-state index is 9.70. The highest BCUT2D eigenvalue weighted by Crippen LogP contribution is 2.19. The molecule has 0 saturated heterocycles. The molecule has 0 radical (unpaired) electrons. The van der Waals surface area contributed by atoms with E-state index in [4.69, 9.17) is 4.74 Å². The standard InChI is InChI=1S/C10H15NO2.C2H6.CH3Cl/c1-7(11)10(12)8-4-3-5-9(6-8)13-2;2*1-2/h3-7,10,12H,11H2,1-2H3;1-2H3;1H3/p+1/t7?,10-;;/m0../s1. The van der Waals surface area contributed by atoms with Gasteiger partial charge in [-0.25, -0.2) is 0 Å². The molecule has 0 fully saturated rings. The second-order valence-corrected chi connectivity index (χ2v) is 3.20. The van der Waals surface area contributed by atoms with Gasteiger partial charge in [0.1, 0.15) is 17.9 Å². The van der Waals surface area contributed by atoms with E-state index in [1.54, 1.807) is 7.11 Å². The molecule has 1 aromatic rings. The summed E-state index contributed by atoms with van der Waals surface area (Å²) in [5.41, 5.74) is 4.63. The van der Waals surface area contributed by atoms with E-state index in [1.807, 2.05) is 45.0 Å². The molecule has 0 aromatic heterocycles. The van der Waals surface area contributed by atoms with Gasteiger partial charge in [-0.15, -0.1) is 11.6 Å². The molecule has 0 bridgehead atoms. The van der Waals surface area contributed by atoms with Crippen molar-refractivity contribution in [3.8, 4) is 5.75 Å². The number of halogens is 1. The van der Waals surface area contributed by atoms with Gasteiger partial charge in [-0.05, 0) is 24.6 Å². The Morgan fingerprint density at radius 2 is 1.82 bits per heavy atom. The van der Waals surface area contributed by atoms with E-state index in [9.17, 15) is 5.11 Å². The van der Waals surface area contributed by atoms with E-state index in [0.717, 1.165) is 11.3 Å². The van der Waals surface area contributed by atoms with Gasteiger partial charge in [0.05, 0.1) is 7.11 Å². The number of alkyl halides is 1. The van der Waals surface area contributed by atoms with Crippen molar-refractivity contribution in [2.45, 2.75) is 32.9 Å². The predicted molar refractivity (Wildman–Crippen MR) is 73.4 cm³/mol. The smallest absolute Gasteiger partial charge is 0.130 e. The maximum absolute atomic E-state index is 9.70. The minimum absolute atomic E-state index is 0.0212. The first-order valence-corrected chi connectivity index (χ1v) is 6.43. The van der Waals surface area contributed by atoms with Crippen molar-refractivity contribution < 1.29 is 15.6 Å². The molecule has 0 heterocycles. The van der Waals surface area contributed by atoms with E-state index in [-0.39, 0.29) is 6.04 Å². The van der Waals surface area contributed by atoms with Crippen LogP contribution in [0.4, 0.5) is 0 Å². The zero-order valence-electron chi connectivity index (χ0n) is 11.4. The fourth-order valence-corrected chi connectivity index (χ4v) is 1.15. The Morgan fingerprint density at radius 1 is 1.29 bits per heavy atom. The van der Waals surface area contributed by atoms with E-state index in [0.29, 0.717) is 0 Å². The molecule has 1 unspecified atom stereocenters. The monoisotopic (exact) mass is 262 g/mol. The van der Waals surface area contributed by atoms with Crippen LogP contribution < -0.4 is 10.5 Å². The van der Waals surface area contributed by atoms with Crippen LogP contribution in [0.3, 0.4) is 0 Å². The number of benzene rings is 1. The first-order chi connectivity index (χ1) is 8.15. The van der Waals surface area contributed by atoms with Gasteiger partial charge in [0.2, 0.25) is 0 Å². The summed E-state index contributed by atoms with van der Waals surface area (Å²) in [7, 11) is 1.61. The highest BCUT2D eigenvalue weighted by atomic mass is 35.5. The number of aliphatic hydroxyl groups excluding tert-OH is 1. The third kappa shape index (κ3) is 7.21. The molecule has 4 heteroatoms. The molecule has 3 nitrogen and oxygen atoms in total. The van der Waals surface area contributed by atoms with E-state index in [1.165, 1.54) is 6.38 Å². The maximum Gasteiger partial charge on any atom is 0.130 e. The zero-order valence-corrected chi connectivity index (χ0v) is 12.2. The summed E-state index contributed by atoms with van der Waals surface area (Å²) < 4.78 is 5.05. The average molecular weight is 263 g/mol. The summed E-state index contributed by atoms with van der Waals surface area (Å²) in [6, 6.07) is 7.39. The number of hydrogen-bond acceptors (Lipinski definition) is 2. The number of methoxy groups -OCH3 is 1. The number of ether oxygens (including phenoxy) is 1. The molecular formula is C13H25ClNO2+. The fraction of sp³-hybridized carbons (Fsp3) is 0.538. The summed E-state index contributed by atoms with van der Waals surface area (Å²) in [4.78, 5) is 0. The van der Waals surface area contributed by atoms with Crippen LogP contribution in [0.15, 0.2) is 24.3 Å². The zero-order chi connectivity index (χ0) is 13.8. The highest BCUT2D eigenvalue weighted by Gasteiger charge is 2.15. The summed E-state index contributed by atoms with van der Waals surface area (Å²) >= 11 is 4.64. The van der Waals surface area contributed by atoms with Crippen LogP contribution in [-0.4, -0.2) is 24.6 Å². The summed E-state index contributed by atoms with van der Waals surface area (Å²) in [5, 5.41) is 9.70. The Balaban J connectivity index is 0. The van der Waals surface area contributed by atoms with Crippen molar-refractivity contribution in [3.63, 3.8) is 0 Å². The van der Waals surface area contributed by atoms with E-state index < -0.39 is 6.10 Å². The van der Waals surface area contributed by atoms with Crippen molar-refractivity contribution in [1.29, 1.82) is 0 Å². The molecule has 0 saturated carbocycles. The predicted octanol–water partition coefficient (Wildman–Crippen LogP) is 2.24. The van der Waals surface area contributed by atoms with Gasteiger partial charge in [0.25, 0.3) is 0 Å². The Labute approximate surface area is 110 Å². The molecular weight excluding hydrogens is 238 g/mol. The van der Waals surface area contributed by atoms with Crippen molar-refractivity contribution in [3.05, 3.63) is 29.8 Å². The lowest BCUT2D eigenvalue weighted by atomic mass is 10.0. The second-order valence-electron chi connectivity index (χ2n) is 3.20. The van der Waals surface area contributed by atoms with Crippen LogP contribution in [0.2, 0.25) is 0 Å². The first kappa shape index (κ1) is 18.6. The van der Waals surface area contributed by atoms with Crippen LogP contribution >= 0.6 is 11.6 Å². The third-order valence-corrected chi connectivity index (χ3v) is 1.97. The molecule has 1 aromatic carbocycles. The quantitative estimate of drug-likeness (QED) is 0.821. The van der Waals surface area contributed by atoms with Gasteiger partial charge in [0.15, 0.2) is 0 Å². The Hall–Kier alpha value is -0.770. The molecule has 0 aliphatic heterocycles. The molecule has 0 aliphatic carbocycles. The van der Waals surface area contributed by atoms with Crippen LogP contribution in [-0.2, 0) is 0 Å². The third-order valence-electron chi connectivity index (χ3n) is 1.97. The summed E-state index contributed by atoms with van der Waals surface area (Å²) in [6.07, 6.45) is 0.954. The van der Waals surface area contributed by atoms with Gasteiger partial charge < -0.3 is 15.6 Å². The molecule has 100 valence electrons. The van der Waals surface area contributed by atoms with Gasteiger partial charge in [0, 0.05) is 6.38 Å². The lowest BCUT2D eigenvalue weighted by molar-refractivity contribution is -0.433. The first-order valence-electron chi connectivity index (χ1n) is 5.68.